The molecule has 0 aliphatic carbocycles. The lowest BCUT2D eigenvalue weighted by Crippen LogP contribution is -2.24. The standard InChI is InChI=1S/C19H17N3O3S2/c1-21-14-10-13(25-3)8-9-15(14)26-18(21)16-17(24)22(2)19(27-16)20-11-4-6-12(23)7-5-11/h4-10,23H,1-3H3. The van der Waals surface area contributed by atoms with Crippen molar-refractivity contribution in [2.45, 2.75) is 4.90 Å². The number of nitrogens with zero attached hydrogens (tertiary/aromatic N) is 3. The average molecular weight is 399 g/mol. The summed E-state index contributed by atoms with van der Waals surface area (Å²) in [6.45, 7) is 0. The van der Waals surface area contributed by atoms with Gasteiger partial charge in [0.2, 0.25) is 0 Å². The van der Waals surface area contributed by atoms with Crippen LogP contribution >= 0.6 is 23.5 Å². The molecule has 0 bridgehead atoms. The number of carbonyl (C=O) groups is 1. The van der Waals surface area contributed by atoms with Crippen LogP contribution < -0.4 is 9.64 Å². The van der Waals surface area contributed by atoms with E-state index in [-0.39, 0.29) is 11.7 Å². The molecule has 0 unspecified atom stereocenters. The lowest BCUT2D eigenvalue weighted by atomic mass is 10.3. The summed E-state index contributed by atoms with van der Waals surface area (Å²) in [6, 6.07) is 12.5. The van der Waals surface area contributed by atoms with Gasteiger partial charge in [-0.25, -0.2) is 4.99 Å². The number of ether oxygens (including phenoxy) is 1. The summed E-state index contributed by atoms with van der Waals surface area (Å²) in [6.07, 6.45) is 0. The normalized spacial score (nSPS) is 20.6. The molecule has 0 atom stereocenters. The molecule has 0 spiro atoms. The maximum absolute atomic E-state index is 12.8. The molecule has 2 aromatic rings. The number of aromatic hydroxyl groups is 1. The quantitative estimate of drug-likeness (QED) is 0.770. The Hall–Kier alpha value is -2.58. The number of likely N-dealkylation sites (N-methyl/N-ethyl adjacent to an activating group) is 1. The maximum Gasteiger partial charge on any atom is 0.269 e. The van der Waals surface area contributed by atoms with Crippen molar-refractivity contribution in [1.82, 2.24) is 4.90 Å². The Balaban J connectivity index is 1.68. The molecule has 0 aromatic heterocycles. The van der Waals surface area contributed by atoms with E-state index in [2.05, 4.69) is 4.99 Å². The number of carbonyl (C=O) groups excluding carboxylic acids is 1. The van der Waals surface area contributed by atoms with E-state index in [1.165, 1.54) is 11.8 Å². The van der Waals surface area contributed by atoms with Gasteiger partial charge < -0.3 is 14.7 Å². The van der Waals surface area contributed by atoms with Crippen LogP contribution in [-0.2, 0) is 4.79 Å². The molecule has 1 N–H and O–H groups in total. The summed E-state index contributed by atoms with van der Waals surface area (Å²) >= 11 is 2.93. The van der Waals surface area contributed by atoms with Gasteiger partial charge >= 0.3 is 0 Å². The average Bonchev–Trinajstić information content (AvgIpc) is 3.14. The molecule has 0 radical (unpaired) electrons. The molecule has 2 aromatic carbocycles. The van der Waals surface area contributed by atoms with Crippen molar-refractivity contribution < 1.29 is 14.6 Å². The van der Waals surface area contributed by atoms with Gasteiger partial charge in [-0.05, 0) is 48.2 Å². The lowest BCUT2D eigenvalue weighted by Gasteiger charge is -2.15. The van der Waals surface area contributed by atoms with Crippen molar-refractivity contribution in [3.8, 4) is 11.5 Å². The minimum atomic E-state index is -0.0772. The molecule has 4 rings (SSSR count). The van der Waals surface area contributed by atoms with Crippen molar-refractivity contribution in [2.24, 2.45) is 4.99 Å². The minimum Gasteiger partial charge on any atom is -0.508 e. The van der Waals surface area contributed by atoms with E-state index in [0.29, 0.717) is 15.8 Å². The Kier molecular flexibility index (Phi) is 4.53. The fourth-order valence-corrected chi connectivity index (χ4v) is 5.08. The zero-order chi connectivity index (χ0) is 19.1. The smallest absolute Gasteiger partial charge is 0.269 e. The van der Waals surface area contributed by atoms with Crippen LogP contribution in [-0.4, -0.2) is 42.3 Å². The highest BCUT2D eigenvalue weighted by Crippen LogP contribution is 2.50. The van der Waals surface area contributed by atoms with E-state index >= 15 is 0 Å². The molecule has 1 saturated heterocycles. The second-order valence-electron chi connectivity index (χ2n) is 6.01. The molecule has 0 saturated carbocycles. The van der Waals surface area contributed by atoms with E-state index in [9.17, 15) is 9.90 Å². The Labute approximate surface area is 165 Å². The van der Waals surface area contributed by atoms with E-state index in [4.69, 9.17) is 4.74 Å². The number of thioether (sulfide) groups is 2. The van der Waals surface area contributed by atoms with Crippen molar-refractivity contribution in [2.75, 3.05) is 26.1 Å². The number of fused-ring (bicyclic) bond motifs is 1. The SMILES string of the molecule is COc1ccc2c(c1)N(C)C(=C1SC(=Nc3ccc(O)cc3)N(C)C1=O)S2. The minimum absolute atomic E-state index is 0.0772. The van der Waals surface area contributed by atoms with Gasteiger partial charge in [-0.15, -0.1) is 0 Å². The number of amidine groups is 1. The molecule has 1 amide bonds. The third kappa shape index (κ3) is 3.15. The second kappa shape index (κ2) is 6.86. The van der Waals surface area contributed by atoms with E-state index in [1.54, 1.807) is 55.1 Å². The van der Waals surface area contributed by atoms with E-state index in [0.717, 1.165) is 21.4 Å². The predicted octanol–water partition coefficient (Wildman–Crippen LogP) is 4.00. The van der Waals surface area contributed by atoms with Crippen molar-refractivity contribution in [1.29, 1.82) is 0 Å². The monoisotopic (exact) mass is 399 g/mol. The number of rotatable bonds is 2. The number of amides is 1. The molecule has 8 heteroatoms. The topological polar surface area (TPSA) is 65.4 Å². The number of methoxy groups -OCH3 is 1. The molecular weight excluding hydrogens is 382 g/mol. The molecule has 27 heavy (non-hydrogen) atoms. The van der Waals surface area contributed by atoms with Crippen molar-refractivity contribution >= 4 is 46.0 Å². The summed E-state index contributed by atoms with van der Waals surface area (Å²) in [7, 11) is 5.31. The third-order valence-electron chi connectivity index (χ3n) is 4.29. The zero-order valence-corrected chi connectivity index (χ0v) is 16.6. The molecular formula is C19H17N3O3S2. The van der Waals surface area contributed by atoms with Gasteiger partial charge in [0.25, 0.3) is 5.91 Å². The summed E-state index contributed by atoms with van der Waals surface area (Å²) in [5, 5.41) is 10.9. The van der Waals surface area contributed by atoms with Crippen LogP contribution in [0, 0.1) is 0 Å². The van der Waals surface area contributed by atoms with Gasteiger partial charge in [0.15, 0.2) is 5.17 Å². The highest BCUT2D eigenvalue weighted by molar-refractivity contribution is 8.19. The van der Waals surface area contributed by atoms with Crippen LogP contribution in [0.1, 0.15) is 0 Å². The molecule has 1 fully saturated rings. The fourth-order valence-electron chi connectivity index (χ4n) is 2.77. The molecule has 6 nitrogen and oxygen atoms in total. The summed E-state index contributed by atoms with van der Waals surface area (Å²) in [5.41, 5.74) is 1.70. The van der Waals surface area contributed by atoms with Crippen LogP contribution in [0.15, 0.2) is 62.3 Å². The Bertz CT molecular complexity index is 986. The molecule has 2 aliphatic rings. The molecule has 2 heterocycles. The van der Waals surface area contributed by atoms with Crippen LogP contribution in [0.5, 0.6) is 11.5 Å². The molecule has 2 aliphatic heterocycles. The second-order valence-corrected chi connectivity index (χ2v) is 8.01. The number of benzene rings is 2. The van der Waals surface area contributed by atoms with Crippen LogP contribution in [0.25, 0.3) is 0 Å². The number of phenolic OH excluding ortho intramolecular Hbond substituents is 1. The number of phenols is 1. The number of anilines is 1. The first kappa shape index (κ1) is 17.8. The Morgan fingerprint density at radius 1 is 1.04 bits per heavy atom. The summed E-state index contributed by atoms with van der Waals surface area (Å²) in [4.78, 5) is 22.7. The Morgan fingerprint density at radius 2 is 1.78 bits per heavy atom. The summed E-state index contributed by atoms with van der Waals surface area (Å²) < 4.78 is 5.31. The predicted molar refractivity (Wildman–Crippen MR) is 110 cm³/mol. The largest absolute Gasteiger partial charge is 0.508 e. The maximum atomic E-state index is 12.8. The van der Waals surface area contributed by atoms with Gasteiger partial charge in [-0.1, -0.05) is 11.8 Å². The van der Waals surface area contributed by atoms with Gasteiger partial charge in [-0.2, -0.15) is 0 Å². The zero-order valence-electron chi connectivity index (χ0n) is 15.0. The number of aliphatic imine (C=N–C) groups is 1. The lowest BCUT2D eigenvalue weighted by molar-refractivity contribution is -0.121. The van der Waals surface area contributed by atoms with Crippen molar-refractivity contribution in [3.05, 3.63) is 52.4 Å². The first-order chi connectivity index (χ1) is 13.0. The highest BCUT2D eigenvalue weighted by Gasteiger charge is 2.37. The van der Waals surface area contributed by atoms with Gasteiger partial charge in [-0.3, -0.25) is 9.69 Å². The van der Waals surface area contributed by atoms with E-state index in [1.807, 2.05) is 30.1 Å². The first-order valence-electron chi connectivity index (χ1n) is 8.15. The van der Waals surface area contributed by atoms with Crippen LogP contribution in [0.4, 0.5) is 11.4 Å². The van der Waals surface area contributed by atoms with Gasteiger partial charge in [0.05, 0.1) is 23.5 Å². The summed E-state index contributed by atoms with van der Waals surface area (Å²) in [5.74, 6) is 0.888. The number of hydrogen-bond donors (Lipinski definition) is 1. The van der Waals surface area contributed by atoms with Crippen LogP contribution in [0.3, 0.4) is 0 Å². The van der Waals surface area contributed by atoms with E-state index < -0.39 is 0 Å². The fraction of sp³-hybridized carbons (Fsp3) is 0.158. The third-order valence-corrected chi connectivity index (χ3v) is 6.77. The van der Waals surface area contributed by atoms with Crippen LogP contribution in [0.2, 0.25) is 0 Å². The molecule has 138 valence electrons. The number of hydrogen-bond acceptors (Lipinski definition) is 7. The Morgan fingerprint density at radius 3 is 2.48 bits per heavy atom. The highest BCUT2D eigenvalue weighted by atomic mass is 32.2. The van der Waals surface area contributed by atoms with Crippen molar-refractivity contribution in [3.63, 3.8) is 0 Å². The van der Waals surface area contributed by atoms with Gasteiger partial charge in [0, 0.05) is 25.1 Å². The van der Waals surface area contributed by atoms with Gasteiger partial charge in [0.1, 0.15) is 16.4 Å². The first-order valence-corrected chi connectivity index (χ1v) is 9.79.